The molecule has 25 heavy (non-hydrogen) atoms. The first-order valence-corrected chi connectivity index (χ1v) is 9.49. The van der Waals surface area contributed by atoms with Crippen LogP contribution in [0.15, 0.2) is 24.3 Å². The molecule has 0 N–H and O–H groups in total. The molecule has 5 heteroatoms. The minimum atomic E-state index is 0.269. The minimum Gasteiger partial charge on any atom is -0.379 e. The van der Waals surface area contributed by atoms with E-state index >= 15 is 0 Å². The Morgan fingerprint density at radius 1 is 1.12 bits per heavy atom. The van der Waals surface area contributed by atoms with Gasteiger partial charge in [-0.25, -0.2) is 0 Å². The molecule has 1 aromatic rings. The summed E-state index contributed by atoms with van der Waals surface area (Å²) in [5, 5.41) is 0. The maximum Gasteiger partial charge on any atom is 0.236 e. The summed E-state index contributed by atoms with van der Waals surface area (Å²) in [6.07, 6.45) is 1.05. The largest absolute Gasteiger partial charge is 0.379 e. The lowest BCUT2D eigenvalue weighted by molar-refractivity contribution is -0.134. The molecule has 0 aliphatic carbocycles. The number of nitrogens with zero attached hydrogens (tertiary/aromatic N) is 3. The van der Waals surface area contributed by atoms with Crippen molar-refractivity contribution in [2.75, 3.05) is 52.5 Å². The monoisotopic (exact) mass is 345 g/mol. The summed E-state index contributed by atoms with van der Waals surface area (Å²) in [6, 6.07) is 9.10. The van der Waals surface area contributed by atoms with Crippen LogP contribution < -0.4 is 0 Å². The molecule has 0 bridgehead atoms. The van der Waals surface area contributed by atoms with Crippen LogP contribution in [0.4, 0.5) is 0 Å². The van der Waals surface area contributed by atoms with Crippen LogP contribution in [-0.4, -0.2) is 79.1 Å². The molecule has 0 radical (unpaired) electrons. The van der Waals surface area contributed by atoms with Gasteiger partial charge in [0.1, 0.15) is 0 Å². The van der Waals surface area contributed by atoms with Gasteiger partial charge in [0.05, 0.1) is 19.8 Å². The Morgan fingerprint density at radius 3 is 2.68 bits per heavy atom. The van der Waals surface area contributed by atoms with Crippen molar-refractivity contribution in [2.24, 2.45) is 0 Å². The van der Waals surface area contributed by atoms with Gasteiger partial charge < -0.3 is 9.64 Å². The van der Waals surface area contributed by atoms with Gasteiger partial charge in [-0.15, -0.1) is 0 Å². The highest BCUT2D eigenvalue weighted by molar-refractivity contribution is 5.78. The van der Waals surface area contributed by atoms with E-state index in [1.165, 1.54) is 11.1 Å². The van der Waals surface area contributed by atoms with Gasteiger partial charge in [0.2, 0.25) is 5.91 Å². The van der Waals surface area contributed by atoms with E-state index in [1.54, 1.807) is 0 Å². The summed E-state index contributed by atoms with van der Waals surface area (Å²) in [4.78, 5) is 19.5. The SMILES string of the molecule is Cc1ccc(CN2CCCN(C(=O)CN3CCOC[C@H]3C)CC2)cc1. The molecule has 1 aromatic carbocycles. The maximum atomic E-state index is 12.7. The highest BCUT2D eigenvalue weighted by Crippen LogP contribution is 2.12. The molecule has 2 aliphatic rings. The number of rotatable bonds is 4. The Labute approximate surface area is 151 Å². The summed E-state index contributed by atoms with van der Waals surface area (Å²) >= 11 is 0. The van der Waals surface area contributed by atoms with Gasteiger partial charge in [-0.2, -0.15) is 0 Å². The minimum absolute atomic E-state index is 0.269. The fraction of sp³-hybridized carbons (Fsp3) is 0.650. The van der Waals surface area contributed by atoms with E-state index < -0.39 is 0 Å². The number of hydrogen-bond donors (Lipinski definition) is 0. The molecular weight excluding hydrogens is 314 g/mol. The molecule has 2 saturated heterocycles. The Bertz CT molecular complexity index is 561. The summed E-state index contributed by atoms with van der Waals surface area (Å²) in [6.45, 7) is 11.8. The van der Waals surface area contributed by atoms with Crippen LogP contribution in [0.3, 0.4) is 0 Å². The molecule has 0 saturated carbocycles. The number of amides is 1. The van der Waals surface area contributed by atoms with Gasteiger partial charge in [0.25, 0.3) is 0 Å². The Balaban J connectivity index is 1.48. The van der Waals surface area contributed by atoms with Crippen molar-refractivity contribution in [3.05, 3.63) is 35.4 Å². The molecular formula is C20H31N3O2. The van der Waals surface area contributed by atoms with E-state index in [9.17, 15) is 4.79 Å². The number of carbonyl (C=O) groups is 1. The van der Waals surface area contributed by atoms with E-state index in [0.717, 1.165) is 58.9 Å². The molecule has 0 aromatic heterocycles. The van der Waals surface area contributed by atoms with Crippen LogP contribution in [0.5, 0.6) is 0 Å². The third-order valence-electron chi connectivity index (χ3n) is 5.31. The Hall–Kier alpha value is -1.43. The fourth-order valence-electron chi connectivity index (χ4n) is 3.60. The van der Waals surface area contributed by atoms with Crippen molar-refractivity contribution in [1.29, 1.82) is 0 Å². The van der Waals surface area contributed by atoms with E-state index in [-0.39, 0.29) is 5.91 Å². The molecule has 2 aliphatic heterocycles. The van der Waals surface area contributed by atoms with Crippen LogP contribution >= 0.6 is 0 Å². The Kier molecular flexibility index (Phi) is 6.45. The normalized spacial score (nSPS) is 23.4. The molecule has 138 valence electrons. The van der Waals surface area contributed by atoms with E-state index in [4.69, 9.17) is 4.74 Å². The smallest absolute Gasteiger partial charge is 0.236 e. The molecule has 0 spiro atoms. The number of hydrogen-bond acceptors (Lipinski definition) is 4. The average molecular weight is 345 g/mol. The third kappa shape index (κ3) is 5.27. The van der Waals surface area contributed by atoms with Crippen LogP contribution in [0.1, 0.15) is 24.5 Å². The molecule has 3 rings (SSSR count). The van der Waals surface area contributed by atoms with Crippen LogP contribution in [0.2, 0.25) is 0 Å². The van der Waals surface area contributed by atoms with Crippen LogP contribution in [-0.2, 0) is 16.1 Å². The first kappa shape index (κ1) is 18.4. The standard InChI is InChI=1S/C20H31N3O2/c1-17-4-6-19(7-5-17)14-21-8-3-9-22(11-10-21)20(24)15-23-12-13-25-16-18(23)2/h4-7,18H,3,8-16H2,1-2H3/t18-/m1/s1. The zero-order valence-corrected chi connectivity index (χ0v) is 15.6. The van der Waals surface area contributed by atoms with E-state index in [2.05, 4.69) is 52.8 Å². The summed E-state index contributed by atoms with van der Waals surface area (Å²) < 4.78 is 5.46. The molecule has 2 fully saturated rings. The predicted octanol–water partition coefficient (Wildman–Crippen LogP) is 1.75. The van der Waals surface area contributed by atoms with Gasteiger partial charge in [0, 0.05) is 45.3 Å². The first-order valence-electron chi connectivity index (χ1n) is 9.49. The van der Waals surface area contributed by atoms with Crippen molar-refractivity contribution >= 4 is 5.91 Å². The number of morpholine rings is 1. The molecule has 5 nitrogen and oxygen atoms in total. The van der Waals surface area contributed by atoms with Gasteiger partial charge >= 0.3 is 0 Å². The number of ether oxygens (including phenoxy) is 1. The van der Waals surface area contributed by atoms with E-state index in [1.807, 2.05) is 0 Å². The lowest BCUT2D eigenvalue weighted by Gasteiger charge is -2.34. The number of aryl methyl sites for hydroxylation is 1. The van der Waals surface area contributed by atoms with Crippen molar-refractivity contribution in [3.8, 4) is 0 Å². The first-order chi connectivity index (χ1) is 12.1. The second-order valence-electron chi connectivity index (χ2n) is 7.39. The highest BCUT2D eigenvalue weighted by Gasteiger charge is 2.25. The average Bonchev–Trinajstić information content (AvgIpc) is 2.85. The Morgan fingerprint density at radius 2 is 1.92 bits per heavy atom. The van der Waals surface area contributed by atoms with Crippen molar-refractivity contribution in [1.82, 2.24) is 14.7 Å². The zero-order valence-electron chi connectivity index (χ0n) is 15.6. The number of carbonyl (C=O) groups excluding carboxylic acids is 1. The van der Waals surface area contributed by atoms with Crippen molar-refractivity contribution < 1.29 is 9.53 Å². The summed E-state index contributed by atoms with van der Waals surface area (Å²) in [5.41, 5.74) is 2.65. The predicted molar refractivity (Wildman–Crippen MR) is 99.5 cm³/mol. The van der Waals surface area contributed by atoms with Crippen LogP contribution in [0.25, 0.3) is 0 Å². The lowest BCUT2D eigenvalue weighted by atomic mass is 10.1. The summed E-state index contributed by atoms with van der Waals surface area (Å²) in [5.74, 6) is 0.269. The second-order valence-corrected chi connectivity index (χ2v) is 7.39. The highest BCUT2D eigenvalue weighted by atomic mass is 16.5. The van der Waals surface area contributed by atoms with Gasteiger partial charge in [-0.1, -0.05) is 29.8 Å². The zero-order chi connectivity index (χ0) is 17.6. The van der Waals surface area contributed by atoms with Gasteiger partial charge in [-0.05, 0) is 25.8 Å². The lowest BCUT2D eigenvalue weighted by Crippen LogP contribution is -2.49. The van der Waals surface area contributed by atoms with Gasteiger partial charge in [0.15, 0.2) is 0 Å². The molecule has 1 amide bonds. The molecule has 2 heterocycles. The van der Waals surface area contributed by atoms with Crippen molar-refractivity contribution in [2.45, 2.75) is 32.9 Å². The third-order valence-corrected chi connectivity index (χ3v) is 5.31. The summed E-state index contributed by atoms with van der Waals surface area (Å²) in [7, 11) is 0. The second kappa shape index (κ2) is 8.79. The van der Waals surface area contributed by atoms with Crippen molar-refractivity contribution in [3.63, 3.8) is 0 Å². The number of benzene rings is 1. The quantitative estimate of drug-likeness (QED) is 0.833. The molecule has 1 atom stereocenters. The fourth-order valence-corrected chi connectivity index (χ4v) is 3.60. The maximum absolute atomic E-state index is 12.7. The van der Waals surface area contributed by atoms with Gasteiger partial charge in [-0.3, -0.25) is 14.6 Å². The topological polar surface area (TPSA) is 36.0 Å². The van der Waals surface area contributed by atoms with E-state index in [0.29, 0.717) is 12.6 Å². The van der Waals surface area contributed by atoms with Crippen LogP contribution in [0, 0.1) is 6.92 Å². The molecule has 0 unspecified atom stereocenters.